The maximum atomic E-state index is 14.4. The third kappa shape index (κ3) is 3.93. The van der Waals surface area contributed by atoms with Crippen LogP contribution in [0.15, 0.2) is 47.3 Å². The van der Waals surface area contributed by atoms with Crippen molar-refractivity contribution in [2.75, 3.05) is 6.67 Å². The molecule has 1 aromatic heterocycles. The largest absolute Gasteiger partial charge is 0.489 e. The molecule has 1 heterocycles. The summed E-state index contributed by atoms with van der Waals surface area (Å²) in [6.45, 7) is -0.440. The van der Waals surface area contributed by atoms with Crippen LogP contribution in [-0.2, 0) is 13.2 Å². The first-order valence-electron chi connectivity index (χ1n) is 7.84. The highest BCUT2D eigenvalue weighted by Crippen LogP contribution is 2.20. The van der Waals surface area contributed by atoms with E-state index in [-0.39, 0.29) is 36.8 Å². The Balaban J connectivity index is 1.77. The molecule has 0 unspecified atom stereocenters. The van der Waals surface area contributed by atoms with Crippen molar-refractivity contribution in [2.24, 2.45) is 0 Å². The van der Waals surface area contributed by atoms with E-state index in [1.807, 2.05) is 0 Å². The van der Waals surface area contributed by atoms with Crippen LogP contribution in [-0.4, -0.2) is 26.5 Å². The van der Waals surface area contributed by atoms with Gasteiger partial charge in [0.25, 0.3) is 0 Å². The van der Waals surface area contributed by atoms with Crippen molar-refractivity contribution < 1.29 is 17.9 Å². The summed E-state index contributed by atoms with van der Waals surface area (Å²) in [6, 6.07) is 9.79. The highest BCUT2D eigenvalue weighted by atomic mass is 19.1. The summed E-state index contributed by atoms with van der Waals surface area (Å²) in [5, 5.41) is 6.97. The maximum Gasteiger partial charge on any atom is 0.384 e. The molecular formula is C17H15F3N4O2. The van der Waals surface area contributed by atoms with Crippen molar-refractivity contribution in [1.82, 2.24) is 19.8 Å². The van der Waals surface area contributed by atoms with E-state index in [4.69, 9.17) is 4.74 Å². The average Bonchev–Trinajstić information content (AvgIpc) is 3.00. The zero-order chi connectivity index (χ0) is 18.5. The van der Waals surface area contributed by atoms with Crippen LogP contribution in [0.3, 0.4) is 0 Å². The van der Waals surface area contributed by atoms with E-state index in [2.05, 4.69) is 10.3 Å². The second-order valence-corrected chi connectivity index (χ2v) is 5.46. The fraction of sp³-hybridized carbons (Fsp3) is 0.235. The van der Waals surface area contributed by atoms with Gasteiger partial charge in [-0.2, -0.15) is 0 Å². The molecule has 0 aliphatic carbocycles. The standard InChI is InChI=1S/C17H15F3N4O2/c18-8-1-9-23-17(25)21-22-24(23)16-7-6-14(10-15(16)20)26-11-12-2-4-13(19)5-3-12/h2-7,10H,1,8-9,11H2. The van der Waals surface area contributed by atoms with Crippen molar-refractivity contribution in [3.05, 3.63) is 70.1 Å². The number of halogens is 3. The number of rotatable bonds is 7. The molecule has 26 heavy (non-hydrogen) atoms. The Labute approximate surface area is 146 Å². The third-order valence-electron chi connectivity index (χ3n) is 3.62. The quantitative estimate of drug-likeness (QED) is 0.647. The SMILES string of the molecule is O=c1nnn(-c2ccc(OCc3ccc(F)cc3)cc2F)n1CCCF. The fourth-order valence-corrected chi connectivity index (χ4v) is 2.33. The summed E-state index contributed by atoms with van der Waals surface area (Å²) in [4.78, 5) is 12.7. The molecule has 136 valence electrons. The number of aromatic nitrogens is 4. The van der Waals surface area contributed by atoms with Crippen LogP contribution >= 0.6 is 0 Å². The first kappa shape index (κ1) is 17.7. The molecule has 9 heteroatoms. The maximum absolute atomic E-state index is 14.4. The Hall–Kier alpha value is -3.10. The van der Waals surface area contributed by atoms with E-state index in [1.165, 1.54) is 24.3 Å². The minimum atomic E-state index is -0.686. The van der Waals surface area contributed by atoms with Gasteiger partial charge in [0.05, 0.1) is 6.67 Å². The van der Waals surface area contributed by atoms with E-state index in [1.54, 1.807) is 12.1 Å². The molecule has 0 N–H and O–H groups in total. The fourth-order valence-electron chi connectivity index (χ4n) is 2.33. The van der Waals surface area contributed by atoms with Gasteiger partial charge in [0.2, 0.25) is 0 Å². The number of hydrogen-bond acceptors (Lipinski definition) is 4. The van der Waals surface area contributed by atoms with Crippen LogP contribution in [0.2, 0.25) is 0 Å². The third-order valence-corrected chi connectivity index (χ3v) is 3.62. The van der Waals surface area contributed by atoms with Crippen molar-refractivity contribution in [3.8, 4) is 11.4 Å². The first-order valence-corrected chi connectivity index (χ1v) is 7.84. The van der Waals surface area contributed by atoms with Gasteiger partial charge in [-0.25, -0.2) is 18.3 Å². The predicted molar refractivity (Wildman–Crippen MR) is 86.9 cm³/mol. The number of nitrogens with zero attached hydrogens (tertiary/aromatic N) is 4. The zero-order valence-electron chi connectivity index (χ0n) is 13.6. The van der Waals surface area contributed by atoms with Gasteiger partial charge in [-0.3, -0.25) is 4.39 Å². The summed E-state index contributed by atoms with van der Waals surface area (Å²) in [6.07, 6.45) is 0.0910. The number of alkyl halides is 1. The molecule has 0 radical (unpaired) electrons. The lowest BCUT2D eigenvalue weighted by molar-refractivity contribution is 0.304. The molecule has 0 aliphatic heterocycles. The van der Waals surface area contributed by atoms with Crippen molar-refractivity contribution in [1.29, 1.82) is 0 Å². The van der Waals surface area contributed by atoms with Crippen LogP contribution in [0.4, 0.5) is 13.2 Å². The summed E-state index contributed by atoms with van der Waals surface area (Å²) in [5.41, 5.74) is 0.0364. The Bertz CT molecular complexity index is 938. The van der Waals surface area contributed by atoms with Gasteiger partial charge >= 0.3 is 5.69 Å². The van der Waals surface area contributed by atoms with Gasteiger partial charge in [-0.1, -0.05) is 17.2 Å². The molecule has 0 saturated carbocycles. The van der Waals surface area contributed by atoms with Gasteiger partial charge in [-0.05, 0) is 41.5 Å². The van der Waals surface area contributed by atoms with E-state index in [0.717, 1.165) is 21.1 Å². The molecule has 0 atom stereocenters. The molecule has 0 amide bonds. The number of ether oxygens (including phenoxy) is 1. The van der Waals surface area contributed by atoms with Gasteiger partial charge in [0, 0.05) is 12.6 Å². The Morgan fingerprint density at radius 2 is 1.85 bits per heavy atom. The van der Waals surface area contributed by atoms with Crippen LogP contribution in [0.25, 0.3) is 5.69 Å². The summed E-state index contributed by atoms with van der Waals surface area (Å²) >= 11 is 0. The topological polar surface area (TPSA) is 61.9 Å². The molecule has 0 fully saturated rings. The van der Waals surface area contributed by atoms with Crippen LogP contribution in [0, 0.1) is 11.6 Å². The predicted octanol–water partition coefficient (Wildman–Crippen LogP) is 2.65. The summed E-state index contributed by atoms with van der Waals surface area (Å²) in [7, 11) is 0. The molecule has 3 aromatic rings. The second-order valence-electron chi connectivity index (χ2n) is 5.46. The molecule has 6 nitrogen and oxygen atoms in total. The van der Waals surface area contributed by atoms with Gasteiger partial charge in [-0.15, -0.1) is 4.80 Å². The van der Waals surface area contributed by atoms with Gasteiger partial charge in [0.15, 0.2) is 5.82 Å². The molecular weight excluding hydrogens is 349 g/mol. The molecule has 0 spiro atoms. The summed E-state index contributed by atoms with van der Waals surface area (Å²) in [5.74, 6) is -0.773. The monoisotopic (exact) mass is 364 g/mol. The molecule has 2 aromatic carbocycles. The highest BCUT2D eigenvalue weighted by Gasteiger charge is 2.13. The lowest BCUT2D eigenvalue weighted by Crippen LogP contribution is -2.24. The average molecular weight is 364 g/mol. The second kappa shape index (κ2) is 7.85. The minimum Gasteiger partial charge on any atom is -0.489 e. The minimum absolute atomic E-state index is 0.00686. The van der Waals surface area contributed by atoms with E-state index in [9.17, 15) is 18.0 Å². The van der Waals surface area contributed by atoms with E-state index in [0.29, 0.717) is 0 Å². The molecule has 0 saturated heterocycles. The van der Waals surface area contributed by atoms with Crippen LogP contribution in [0.5, 0.6) is 5.75 Å². The molecule has 0 bridgehead atoms. The Kier molecular flexibility index (Phi) is 5.35. The number of hydrogen-bond donors (Lipinski definition) is 0. The van der Waals surface area contributed by atoms with Crippen molar-refractivity contribution in [2.45, 2.75) is 19.6 Å². The smallest absolute Gasteiger partial charge is 0.384 e. The number of tetrazole rings is 1. The normalized spacial score (nSPS) is 10.9. The van der Waals surface area contributed by atoms with Crippen molar-refractivity contribution >= 4 is 0 Å². The Morgan fingerprint density at radius 3 is 2.54 bits per heavy atom. The van der Waals surface area contributed by atoms with Crippen molar-refractivity contribution in [3.63, 3.8) is 0 Å². The highest BCUT2D eigenvalue weighted by molar-refractivity contribution is 5.37. The molecule has 0 aliphatic rings. The van der Waals surface area contributed by atoms with Crippen LogP contribution < -0.4 is 10.4 Å². The lowest BCUT2D eigenvalue weighted by Gasteiger charge is -2.11. The van der Waals surface area contributed by atoms with E-state index < -0.39 is 18.2 Å². The Morgan fingerprint density at radius 1 is 1.08 bits per heavy atom. The van der Waals surface area contributed by atoms with Crippen LogP contribution in [0.1, 0.15) is 12.0 Å². The zero-order valence-corrected chi connectivity index (χ0v) is 13.6. The van der Waals surface area contributed by atoms with Gasteiger partial charge < -0.3 is 4.74 Å². The lowest BCUT2D eigenvalue weighted by atomic mass is 10.2. The first-order chi connectivity index (χ1) is 12.6. The van der Waals surface area contributed by atoms with E-state index >= 15 is 0 Å². The molecule has 3 rings (SSSR count). The number of benzene rings is 2. The summed E-state index contributed by atoms with van der Waals surface area (Å²) < 4.78 is 46.2. The van der Waals surface area contributed by atoms with Gasteiger partial charge in [0.1, 0.15) is 23.9 Å².